The predicted octanol–water partition coefficient (Wildman–Crippen LogP) is 3.56. The largest absolute Gasteiger partial charge is 0.417 e. The van der Waals surface area contributed by atoms with Crippen LogP contribution in [0.4, 0.5) is 13.2 Å². The molecule has 0 amide bonds. The summed E-state index contributed by atoms with van der Waals surface area (Å²) >= 11 is 1.16. The van der Waals surface area contributed by atoms with E-state index in [-0.39, 0.29) is 11.5 Å². The summed E-state index contributed by atoms with van der Waals surface area (Å²) in [6, 6.07) is 2.26. The average molecular weight is 263 g/mol. The molecular formula is C11H12F3NOS. The molecule has 0 radical (unpaired) electrons. The van der Waals surface area contributed by atoms with Crippen molar-refractivity contribution < 1.29 is 18.0 Å². The molecule has 0 bridgehead atoms. The van der Waals surface area contributed by atoms with Crippen molar-refractivity contribution in [1.82, 2.24) is 4.98 Å². The van der Waals surface area contributed by atoms with Crippen molar-refractivity contribution in [3.63, 3.8) is 0 Å². The molecule has 1 rings (SSSR count). The van der Waals surface area contributed by atoms with Crippen molar-refractivity contribution in [2.24, 2.45) is 0 Å². The summed E-state index contributed by atoms with van der Waals surface area (Å²) in [6.07, 6.45) is -2.31. The molecule has 0 aliphatic carbocycles. The Labute approximate surface area is 102 Å². The Kier molecular flexibility index (Phi) is 4.99. The molecule has 0 aliphatic heterocycles. The van der Waals surface area contributed by atoms with Crippen LogP contribution in [-0.4, -0.2) is 16.5 Å². The highest BCUT2D eigenvalue weighted by Gasteiger charge is 2.30. The first-order valence-corrected chi connectivity index (χ1v) is 6.09. The average Bonchev–Trinajstić information content (AvgIpc) is 2.26. The van der Waals surface area contributed by atoms with Gasteiger partial charge in [0.25, 0.3) is 0 Å². The molecule has 0 N–H and O–H groups in total. The number of thioether (sulfide) groups is 1. The number of halogens is 3. The summed E-state index contributed by atoms with van der Waals surface area (Å²) < 4.78 is 36.7. The van der Waals surface area contributed by atoms with Gasteiger partial charge in [-0.15, -0.1) is 0 Å². The molecule has 0 unspecified atom stereocenters. The number of Topliss-reactive ketones (excluding diaryl/α,β-unsaturated/α-hetero) is 1. The monoisotopic (exact) mass is 263 g/mol. The number of rotatable bonds is 5. The predicted molar refractivity (Wildman–Crippen MR) is 59.9 cm³/mol. The molecule has 1 aromatic heterocycles. The van der Waals surface area contributed by atoms with E-state index in [0.717, 1.165) is 30.4 Å². The van der Waals surface area contributed by atoms with Crippen LogP contribution in [0.3, 0.4) is 0 Å². The van der Waals surface area contributed by atoms with Crippen LogP contribution in [0.5, 0.6) is 0 Å². The van der Waals surface area contributed by atoms with Crippen LogP contribution in [0, 0.1) is 0 Å². The third kappa shape index (κ3) is 4.77. The topological polar surface area (TPSA) is 30.0 Å². The molecule has 0 spiro atoms. The SMILES string of the molecule is CCCC(=O)CSc1ccc(C(F)(F)F)cn1. The lowest BCUT2D eigenvalue weighted by atomic mass is 10.3. The van der Waals surface area contributed by atoms with E-state index in [1.165, 1.54) is 6.07 Å². The molecule has 0 fully saturated rings. The summed E-state index contributed by atoms with van der Waals surface area (Å²) in [4.78, 5) is 14.9. The van der Waals surface area contributed by atoms with Crippen LogP contribution >= 0.6 is 11.8 Å². The molecule has 0 aromatic carbocycles. The van der Waals surface area contributed by atoms with Gasteiger partial charge in [0.05, 0.1) is 16.3 Å². The summed E-state index contributed by atoms with van der Waals surface area (Å²) in [7, 11) is 0. The van der Waals surface area contributed by atoms with Crippen molar-refractivity contribution in [2.75, 3.05) is 5.75 Å². The number of pyridine rings is 1. The van der Waals surface area contributed by atoms with Crippen molar-refractivity contribution in [1.29, 1.82) is 0 Å². The second-order valence-corrected chi connectivity index (χ2v) is 4.46. The Morgan fingerprint density at radius 2 is 2.12 bits per heavy atom. The maximum atomic E-state index is 12.2. The fourth-order valence-electron chi connectivity index (χ4n) is 1.14. The molecular weight excluding hydrogens is 251 g/mol. The Balaban J connectivity index is 2.54. The molecule has 6 heteroatoms. The standard InChI is InChI=1S/C11H12F3NOS/c1-2-3-9(16)7-17-10-5-4-8(6-15-10)11(12,13)14/h4-6H,2-3,7H2,1H3. The Morgan fingerprint density at radius 3 is 2.59 bits per heavy atom. The first kappa shape index (κ1) is 14.0. The third-order valence-corrected chi connectivity index (χ3v) is 2.98. The maximum Gasteiger partial charge on any atom is 0.417 e. The van der Waals surface area contributed by atoms with Gasteiger partial charge in [-0.25, -0.2) is 4.98 Å². The van der Waals surface area contributed by atoms with Gasteiger partial charge in [0, 0.05) is 12.6 Å². The molecule has 17 heavy (non-hydrogen) atoms. The summed E-state index contributed by atoms with van der Waals surface area (Å²) in [5, 5.41) is 0.433. The highest BCUT2D eigenvalue weighted by atomic mass is 32.2. The number of aromatic nitrogens is 1. The van der Waals surface area contributed by atoms with Crippen LogP contribution < -0.4 is 0 Å². The molecule has 0 aliphatic rings. The van der Waals surface area contributed by atoms with Gasteiger partial charge in [-0.2, -0.15) is 13.2 Å². The highest BCUT2D eigenvalue weighted by molar-refractivity contribution is 7.99. The maximum absolute atomic E-state index is 12.2. The number of hydrogen-bond donors (Lipinski definition) is 0. The molecule has 0 saturated heterocycles. The van der Waals surface area contributed by atoms with Gasteiger partial charge in [0.15, 0.2) is 0 Å². The lowest BCUT2D eigenvalue weighted by molar-refractivity contribution is -0.137. The zero-order chi connectivity index (χ0) is 12.9. The first-order chi connectivity index (χ1) is 7.93. The van der Waals surface area contributed by atoms with E-state index in [9.17, 15) is 18.0 Å². The number of carbonyl (C=O) groups is 1. The van der Waals surface area contributed by atoms with E-state index in [1.807, 2.05) is 6.92 Å². The second kappa shape index (κ2) is 6.05. The van der Waals surface area contributed by atoms with E-state index < -0.39 is 11.7 Å². The van der Waals surface area contributed by atoms with Gasteiger partial charge in [-0.3, -0.25) is 4.79 Å². The number of alkyl halides is 3. The minimum Gasteiger partial charge on any atom is -0.299 e. The fraction of sp³-hybridized carbons (Fsp3) is 0.455. The normalized spacial score (nSPS) is 11.5. The second-order valence-electron chi connectivity index (χ2n) is 3.46. The quantitative estimate of drug-likeness (QED) is 0.761. The van der Waals surface area contributed by atoms with Gasteiger partial charge >= 0.3 is 6.18 Å². The minimum absolute atomic E-state index is 0.0826. The van der Waals surface area contributed by atoms with E-state index in [0.29, 0.717) is 11.4 Å². The van der Waals surface area contributed by atoms with Gasteiger partial charge in [0.2, 0.25) is 0 Å². The van der Waals surface area contributed by atoms with Crippen LogP contribution in [-0.2, 0) is 11.0 Å². The van der Waals surface area contributed by atoms with Crippen LogP contribution in [0.2, 0.25) is 0 Å². The fourth-order valence-corrected chi connectivity index (χ4v) is 1.88. The molecule has 0 saturated carbocycles. The van der Waals surface area contributed by atoms with E-state index in [2.05, 4.69) is 4.98 Å². The minimum atomic E-state index is -4.37. The van der Waals surface area contributed by atoms with E-state index in [4.69, 9.17) is 0 Å². The molecule has 2 nitrogen and oxygen atoms in total. The van der Waals surface area contributed by atoms with Crippen molar-refractivity contribution in [3.05, 3.63) is 23.9 Å². The Hall–Kier alpha value is -1.04. The van der Waals surface area contributed by atoms with Crippen molar-refractivity contribution in [3.8, 4) is 0 Å². The number of carbonyl (C=O) groups excluding carboxylic acids is 1. The van der Waals surface area contributed by atoms with Crippen molar-refractivity contribution >= 4 is 17.5 Å². The number of ketones is 1. The summed E-state index contributed by atoms with van der Waals surface area (Å²) in [5.74, 6) is 0.339. The molecule has 0 atom stereocenters. The van der Waals surface area contributed by atoms with Crippen LogP contribution in [0.1, 0.15) is 25.3 Å². The molecule has 94 valence electrons. The van der Waals surface area contributed by atoms with Gasteiger partial charge < -0.3 is 0 Å². The lowest BCUT2D eigenvalue weighted by Gasteiger charge is -2.06. The van der Waals surface area contributed by atoms with Crippen LogP contribution in [0.25, 0.3) is 0 Å². The zero-order valence-corrected chi connectivity index (χ0v) is 10.1. The van der Waals surface area contributed by atoms with E-state index in [1.54, 1.807) is 0 Å². The van der Waals surface area contributed by atoms with Gasteiger partial charge in [-0.1, -0.05) is 18.7 Å². The number of nitrogens with zero attached hydrogens (tertiary/aromatic N) is 1. The number of hydrogen-bond acceptors (Lipinski definition) is 3. The van der Waals surface area contributed by atoms with Crippen LogP contribution in [0.15, 0.2) is 23.4 Å². The first-order valence-electron chi connectivity index (χ1n) is 5.11. The van der Waals surface area contributed by atoms with Gasteiger partial charge in [0.1, 0.15) is 5.78 Å². The highest BCUT2D eigenvalue weighted by Crippen LogP contribution is 2.29. The smallest absolute Gasteiger partial charge is 0.299 e. The van der Waals surface area contributed by atoms with Crippen molar-refractivity contribution in [2.45, 2.75) is 31.0 Å². The third-order valence-electron chi connectivity index (χ3n) is 1.97. The summed E-state index contributed by atoms with van der Waals surface area (Å²) in [5.41, 5.74) is -0.776. The van der Waals surface area contributed by atoms with E-state index >= 15 is 0 Å². The Morgan fingerprint density at radius 1 is 1.41 bits per heavy atom. The lowest BCUT2D eigenvalue weighted by Crippen LogP contribution is -2.05. The Bertz CT molecular complexity index is 375. The molecule has 1 aromatic rings. The zero-order valence-electron chi connectivity index (χ0n) is 9.25. The molecule has 1 heterocycles. The summed E-state index contributed by atoms with van der Waals surface area (Å²) in [6.45, 7) is 1.90. The van der Waals surface area contributed by atoms with Gasteiger partial charge in [-0.05, 0) is 18.6 Å².